The van der Waals surface area contributed by atoms with Crippen molar-refractivity contribution in [3.05, 3.63) is 90.0 Å². The van der Waals surface area contributed by atoms with Gasteiger partial charge in [-0.1, -0.05) is 60.7 Å². The molecule has 0 radical (unpaired) electrons. The Morgan fingerprint density at radius 3 is 2.05 bits per heavy atom. The van der Waals surface area contributed by atoms with Gasteiger partial charge < -0.3 is 17.0 Å². The summed E-state index contributed by atoms with van der Waals surface area (Å²) in [7, 11) is 0. The first-order valence-corrected chi connectivity index (χ1v) is 6.96. The van der Waals surface area contributed by atoms with Crippen molar-refractivity contribution in [3.8, 4) is 0 Å². The van der Waals surface area contributed by atoms with Gasteiger partial charge in [-0.3, -0.25) is 0 Å². The molecule has 2 aromatic carbocycles. The number of halogens is 1. The van der Waals surface area contributed by atoms with E-state index >= 15 is 0 Å². The molecule has 0 fully saturated rings. The SMILES string of the molecule is Cc1n(Cc2ccccc2)cc[n+]1Cc1ccccc1.[Br-]. The lowest BCUT2D eigenvalue weighted by Gasteiger charge is -2.02. The third-order valence-electron chi connectivity index (χ3n) is 3.65. The summed E-state index contributed by atoms with van der Waals surface area (Å²) in [6.07, 6.45) is 4.32. The highest BCUT2D eigenvalue weighted by Gasteiger charge is 2.12. The molecule has 3 aromatic rings. The van der Waals surface area contributed by atoms with E-state index in [9.17, 15) is 0 Å². The molecule has 0 spiro atoms. The average Bonchev–Trinajstić information content (AvgIpc) is 2.83. The van der Waals surface area contributed by atoms with Gasteiger partial charge in [-0.05, 0) is 11.1 Å². The van der Waals surface area contributed by atoms with Gasteiger partial charge in [0, 0.05) is 6.92 Å². The van der Waals surface area contributed by atoms with Crippen LogP contribution in [0, 0.1) is 6.92 Å². The number of benzene rings is 2. The van der Waals surface area contributed by atoms with Gasteiger partial charge in [-0.15, -0.1) is 0 Å². The zero-order chi connectivity index (χ0) is 13.8. The third kappa shape index (κ3) is 3.82. The molecule has 0 atom stereocenters. The molecule has 0 aliphatic heterocycles. The molecule has 0 saturated carbocycles. The van der Waals surface area contributed by atoms with E-state index < -0.39 is 0 Å². The van der Waals surface area contributed by atoms with Crippen LogP contribution in [0.15, 0.2) is 73.1 Å². The predicted octanol–water partition coefficient (Wildman–Crippen LogP) is 0.185. The van der Waals surface area contributed by atoms with Crippen molar-refractivity contribution in [1.82, 2.24) is 4.57 Å². The fourth-order valence-electron chi connectivity index (χ4n) is 2.44. The lowest BCUT2D eigenvalue weighted by atomic mass is 10.2. The molecule has 1 aromatic heterocycles. The molecule has 2 nitrogen and oxygen atoms in total. The average molecular weight is 343 g/mol. The van der Waals surface area contributed by atoms with E-state index in [1.807, 2.05) is 0 Å². The maximum atomic E-state index is 2.29. The number of nitrogens with zero attached hydrogens (tertiary/aromatic N) is 2. The van der Waals surface area contributed by atoms with Crippen LogP contribution in [0.1, 0.15) is 17.0 Å². The van der Waals surface area contributed by atoms with Crippen LogP contribution < -0.4 is 21.5 Å². The number of hydrogen-bond donors (Lipinski definition) is 0. The summed E-state index contributed by atoms with van der Waals surface area (Å²) in [5.74, 6) is 1.28. The molecule has 3 rings (SSSR count). The lowest BCUT2D eigenvalue weighted by molar-refractivity contribution is -0.693. The summed E-state index contributed by atoms with van der Waals surface area (Å²) < 4.78 is 4.58. The highest BCUT2D eigenvalue weighted by molar-refractivity contribution is 5.15. The number of rotatable bonds is 4. The normalized spacial score (nSPS) is 10.1. The van der Waals surface area contributed by atoms with Gasteiger partial charge in [-0.25, -0.2) is 9.13 Å². The van der Waals surface area contributed by atoms with Crippen LogP contribution in [-0.2, 0) is 13.1 Å². The maximum absolute atomic E-state index is 2.29. The number of aromatic nitrogens is 2. The Hall–Kier alpha value is -1.87. The minimum absolute atomic E-state index is 0. The van der Waals surface area contributed by atoms with Crippen LogP contribution in [0.25, 0.3) is 0 Å². The smallest absolute Gasteiger partial charge is 0.253 e. The molecule has 0 bridgehead atoms. The molecule has 0 N–H and O–H groups in total. The summed E-state index contributed by atoms with van der Waals surface area (Å²) >= 11 is 0. The Morgan fingerprint density at radius 2 is 1.43 bits per heavy atom. The maximum Gasteiger partial charge on any atom is 0.253 e. The molecule has 0 amide bonds. The van der Waals surface area contributed by atoms with Crippen LogP contribution in [0.5, 0.6) is 0 Å². The van der Waals surface area contributed by atoms with E-state index in [0.29, 0.717) is 0 Å². The second kappa shape index (κ2) is 7.23. The first-order chi connectivity index (χ1) is 9.83. The Labute approximate surface area is 136 Å². The zero-order valence-corrected chi connectivity index (χ0v) is 13.7. The Kier molecular flexibility index (Phi) is 5.34. The molecule has 0 unspecified atom stereocenters. The number of imidazole rings is 1. The molecule has 0 aliphatic carbocycles. The van der Waals surface area contributed by atoms with Crippen LogP contribution in [0.2, 0.25) is 0 Å². The van der Waals surface area contributed by atoms with Gasteiger partial charge in [0.15, 0.2) is 0 Å². The summed E-state index contributed by atoms with van der Waals surface area (Å²) in [6, 6.07) is 21.1. The van der Waals surface area contributed by atoms with E-state index in [1.54, 1.807) is 0 Å². The highest BCUT2D eigenvalue weighted by Crippen LogP contribution is 2.05. The van der Waals surface area contributed by atoms with Gasteiger partial charge >= 0.3 is 0 Å². The van der Waals surface area contributed by atoms with Crippen molar-refractivity contribution >= 4 is 0 Å². The number of hydrogen-bond acceptors (Lipinski definition) is 0. The first-order valence-electron chi connectivity index (χ1n) is 6.96. The largest absolute Gasteiger partial charge is 1.00 e. The monoisotopic (exact) mass is 342 g/mol. The predicted molar refractivity (Wildman–Crippen MR) is 80.5 cm³/mol. The highest BCUT2D eigenvalue weighted by atomic mass is 79.9. The van der Waals surface area contributed by atoms with Gasteiger partial charge in [0.25, 0.3) is 5.82 Å². The van der Waals surface area contributed by atoms with Crippen LogP contribution >= 0.6 is 0 Å². The molecular weight excluding hydrogens is 324 g/mol. The van der Waals surface area contributed by atoms with Crippen molar-refractivity contribution in [2.24, 2.45) is 0 Å². The molecule has 21 heavy (non-hydrogen) atoms. The summed E-state index contributed by atoms with van der Waals surface area (Å²) in [5.41, 5.74) is 2.66. The summed E-state index contributed by atoms with van der Waals surface area (Å²) in [4.78, 5) is 0. The molecular formula is C18H19BrN2. The summed E-state index contributed by atoms with van der Waals surface area (Å²) in [5, 5.41) is 0. The minimum Gasteiger partial charge on any atom is -1.00 e. The molecule has 1 heterocycles. The Balaban J connectivity index is 0.00000161. The van der Waals surface area contributed by atoms with Crippen LogP contribution in [0.3, 0.4) is 0 Å². The van der Waals surface area contributed by atoms with Crippen molar-refractivity contribution < 1.29 is 21.5 Å². The first kappa shape index (κ1) is 15.5. The van der Waals surface area contributed by atoms with E-state index in [1.165, 1.54) is 17.0 Å². The lowest BCUT2D eigenvalue weighted by Crippen LogP contribution is -3.00. The van der Waals surface area contributed by atoms with Crippen molar-refractivity contribution in [2.75, 3.05) is 0 Å². The van der Waals surface area contributed by atoms with Crippen molar-refractivity contribution in [3.63, 3.8) is 0 Å². The molecule has 3 heteroatoms. The van der Waals surface area contributed by atoms with Crippen LogP contribution in [-0.4, -0.2) is 4.57 Å². The van der Waals surface area contributed by atoms with Gasteiger partial charge in [0.2, 0.25) is 0 Å². The van der Waals surface area contributed by atoms with E-state index in [4.69, 9.17) is 0 Å². The molecule has 108 valence electrons. The Bertz CT molecular complexity index is 616. The zero-order valence-electron chi connectivity index (χ0n) is 12.1. The second-order valence-electron chi connectivity index (χ2n) is 5.07. The van der Waals surface area contributed by atoms with Crippen LogP contribution in [0.4, 0.5) is 0 Å². The topological polar surface area (TPSA) is 8.81 Å². The molecule has 0 aliphatic rings. The Morgan fingerprint density at radius 1 is 0.857 bits per heavy atom. The fraction of sp³-hybridized carbons (Fsp3) is 0.167. The quantitative estimate of drug-likeness (QED) is 0.598. The van der Waals surface area contributed by atoms with E-state index in [-0.39, 0.29) is 17.0 Å². The minimum atomic E-state index is 0. The summed E-state index contributed by atoms with van der Waals surface area (Å²) in [6.45, 7) is 4.02. The van der Waals surface area contributed by atoms with Gasteiger partial charge in [0.1, 0.15) is 25.5 Å². The fourth-order valence-corrected chi connectivity index (χ4v) is 2.44. The van der Waals surface area contributed by atoms with E-state index in [2.05, 4.69) is 89.1 Å². The van der Waals surface area contributed by atoms with E-state index in [0.717, 1.165) is 13.1 Å². The van der Waals surface area contributed by atoms with Gasteiger partial charge in [0.05, 0.1) is 0 Å². The van der Waals surface area contributed by atoms with Crippen molar-refractivity contribution in [2.45, 2.75) is 20.0 Å². The third-order valence-corrected chi connectivity index (χ3v) is 3.65. The molecule has 0 saturated heterocycles. The van der Waals surface area contributed by atoms with Gasteiger partial charge in [-0.2, -0.15) is 0 Å². The standard InChI is InChI=1S/C18H19N2.BrH/c1-16-19(14-17-8-4-2-5-9-17)12-13-20(16)15-18-10-6-3-7-11-18;/h2-13H,14-15H2,1H3;1H/q+1;/p-1. The second-order valence-corrected chi connectivity index (χ2v) is 5.07. The van der Waals surface area contributed by atoms with Crippen molar-refractivity contribution in [1.29, 1.82) is 0 Å².